The predicted molar refractivity (Wildman–Crippen MR) is 83.3 cm³/mol. The fourth-order valence-electron chi connectivity index (χ4n) is 2.93. The van der Waals surface area contributed by atoms with E-state index < -0.39 is 6.09 Å². The van der Waals surface area contributed by atoms with Gasteiger partial charge in [0.05, 0.1) is 23.1 Å². The Labute approximate surface area is 129 Å². The van der Waals surface area contributed by atoms with Crippen LogP contribution >= 0.6 is 0 Å². The van der Waals surface area contributed by atoms with Crippen molar-refractivity contribution in [2.24, 2.45) is 0 Å². The summed E-state index contributed by atoms with van der Waals surface area (Å²) in [6, 6.07) is 11.6. The van der Waals surface area contributed by atoms with E-state index in [-0.39, 0.29) is 6.04 Å². The summed E-state index contributed by atoms with van der Waals surface area (Å²) in [6.45, 7) is 3.86. The van der Waals surface area contributed by atoms with E-state index in [9.17, 15) is 9.90 Å². The van der Waals surface area contributed by atoms with E-state index in [1.54, 1.807) is 0 Å². The first-order valence-electron chi connectivity index (χ1n) is 7.36. The molecule has 0 aliphatic carbocycles. The van der Waals surface area contributed by atoms with Gasteiger partial charge in [-0.25, -0.2) is 9.48 Å². The van der Waals surface area contributed by atoms with Gasteiger partial charge in [-0.2, -0.15) is 5.10 Å². The largest absolute Gasteiger partial charge is 0.465 e. The van der Waals surface area contributed by atoms with Crippen molar-refractivity contribution < 1.29 is 9.90 Å². The van der Waals surface area contributed by atoms with E-state index >= 15 is 0 Å². The van der Waals surface area contributed by atoms with Crippen molar-refractivity contribution in [1.82, 2.24) is 19.6 Å². The minimum Gasteiger partial charge on any atom is -0.465 e. The fraction of sp³-hybridized carbons (Fsp3) is 0.375. The molecule has 1 aromatic carbocycles. The lowest BCUT2D eigenvalue weighted by molar-refractivity contribution is 0.0750. The average Bonchev–Trinajstić information content (AvgIpc) is 2.89. The number of hydrogen-bond acceptors (Lipinski definition) is 3. The molecule has 1 unspecified atom stereocenters. The number of nitrogens with zero attached hydrogens (tertiary/aromatic N) is 4. The summed E-state index contributed by atoms with van der Waals surface area (Å²) >= 11 is 0. The summed E-state index contributed by atoms with van der Waals surface area (Å²) in [6.07, 6.45) is -0.878. The van der Waals surface area contributed by atoms with Gasteiger partial charge in [0, 0.05) is 19.6 Å². The average molecular weight is 300 g/mol. The van der Waals surface area contributed by atoms with Crippen LogP contribution in [0.5, 0.6) is 0 Å². The van der Waals surface area contributed by atoms with Crippen molar-refractivity contribution in [3.05, 3.63) is 47.8 Å². The van der Waals surface area contributed by atoms with Gasteiger partial charge in [-0.15, -0.1) is 0 Å². The van der Waals surface area contributed by atoms with Crippen molar-refractivity contribution in [2.45, 2.75) is 13.0 Å². The van der Waals surface area contributed by atoms with Crippen molar-refractivity contribution >= 4 is 6.09 Å². The number of piperazine rings is 1. The molecule has 0 bridgehead atoms. The van der Waals surface area contributed by atoms with Gasteiger partial charge in [-0.3, -0.25) is 4.90 Å². The molecule has 1 fully saturated rings. The smallest absolute Gasteiger partial charge is 0.407 e. The normalized spacial score (nSPS) is 19.4. The third-order valence-electron chi connectivity index (χ3n) is 4.03. The summed E-state index contributed by atoms with van der Waals surface area (Å²) in [5.41, 5.74) is 2.75. The zero-order chi connectivity index (χ0) is 15.7. The molecule has 0 radical (unpaired) electrons. The minimum atomic E-state index is -0.878. The summed E-state index contributed by atoms with van der Waals surface area (Å²) < 4.78 is 1.86. The molecule has 3 rings (SSSR count). The monoisotopic (exact) mass is 300 g/mol. The molecule has 22 heavy (non-hydrogen) atoms. The van der Waals surface area contributed by atoms with Crippen LogP contribution in [0.4, 0.5) is 4.79 Å². The number of benzene rings is 1. The predicted octanol–water partition coefficient (Wildman–Crippen LogP) is 2.15. The molecule has 2 heterocycles. The number of hydrogen-bond donors (Lipinski definition) is 1. The SMILES string of the molecule is Cc1cc(C2CN(C)CCN2C(=O)O)n(-c2ccccc2)n1. The maximum absolute atomic E-state index is 11.6. The van der Waals surface area contributed by atoms with Crippen LogP contribution in [0.2, 0.25) is 0 Å². The second-order valence-corrected chi connectivity index (χ2v) is 5.71. The second kappa shape index (κ2) is 5.81. The van der Waals surface area contributed by atoms with Crippen LogP contribution in [-0.4, -0.2) is 57.5 Å². The molecule has 0 spiro atoms. The summed E-state index contributed by atoms with van der Waals surface area (Å²) in [4.78, 5) is 15.2. The highest BCUT2D eigenvalue weighted by Crippen LogP contribution is 2.27. The summed E-state index contributed by atoms with van der Waals surface area (Å²) in [7, 11) is 2.02. The number of carbonyl (C=O) groups is 1. The van der Waals surface area contributed by atoms with Gasteiger partial charge >= 0.3 is 6.09 Å². The molecule has 2 aromatic rings. The maximum atomic E-state index is 11.6. The molecule has 0 saturated carbocycles. The Kier molecular flexibility index (Phi) is 3.85. The highest BCUT2D eigenvalue weighted by Gasteiger charge is 2.32. The molecule has 116 valence electrons. The van der Waals surface area contributed by atoms with Crippen LogP contribution < -0.4 is 0 Å². The van der Waals surface area contributed by atoms with Gasteiger partial charge in [-0.05, 0) is 32.2 Å². The molecule has 1 amide bonds. The highest BCUT2D eigenvalue weighted by atomic mass is 16.4. The standard InChI is InChI=1S/C16H20N4O2/c1-12-10-14(20(17-12)13-6-4-3-5-7-13)15-11-18(2)8-9-19(15)16(21)22/h3-7,10,15H,8-9,11H2,1-2H3,(H,21,22). The van der Waals surface area contributed by atoms with E-state index in [2.05, 4.69) is 10.00 Å². The first-order valence-corrected chi connectivity index (χ1v) is 7.36. The number of rotatable bonds is 2. The van der Waals surface area contributed by atoms with Gasteiger partial charge in [0.2, 0.25) is 0 Å². The number of amides is 1. The highest BCUT2D eigenvalue weighted by molar-refractivity contribution is 5.66. The Hall–Kier alpha value is -2.34. The summed E-state index contributed by atoms with van der Waals surface area (Å²) in [5, 5.41) is 14.1. The molecular formula is C16H20N4O2. The van der Waals surface area contributed by atoms with Crippen molar-refractivity contribution in [3.63, 3.8) is 0 Å². The van der Waals surface area contributed by atoms with E-state index in [1.807, 2.05) is 55.1 Å². The Morgan fingerprint density at radius 2 is 2.00 bits per heavy atom. The molecule has 1 saturated heterocycles. The van der Waals surface area contributed by atoms with Crippen LogP contribution in [0, 0.1) is 6.92 Å². The van der Waals surface area contributed by atoms with Crippen LogP contribution in [0.15, 0.2) is 36.4 Å². The van der Waals surface area contributed by atoms with Crippen molar-refractivity contribution in [2.75, 3.05) is 26.7 Å². The lowest BCUT2D eigenvalue weighted by Crippen LogP contribution is -2.49. The Morgan fingerprint density at radius 1 is 1.27 bits per heavy atom. The van der Waals surface area contributed by atoms with Crippen LogP contribution in [0.1, 0.15) is 17.4 Å². The molecule has 1 N–H and O–H groups in total. The van der Waals surface area contributed by atoms with E-state index in [0.717, 1.165) is 23.6 Å². The topological polar surface area (TPSA) is 61.6 Å². The van der Waals surface area contributed by atoms with Crippen LogP contribution in [0.3, 0.4) is 0 Å². The zero-order valence-electron chi connectivity index (χ0n) is 12.8. The first-order chi connectivity index (χ1) is 10.6. The van der Waals surface area contributed by atoms with Gasteiger partial charge in [-0.1, -0.05) is 18.2 Å². The number of carboxylic acid groups (broad SMARTS) is 1. The summed E-state index contributed by atoms with van der Waals surface area (Å²) in [5.74, 6) is 0. The zero-order valence-corrected chi connectivity index (χ0v) is 12.8. The van der Waals surface area contributed by atoms with Gasteiger partial charge in [0.15, 0.2) is 0 Å². The Morgan fingerprint density at radius 3 is 2.68 bits per heavy atom. The molecule has 1 aliphatic rings. The van der Waals surface area contributed by atoms with E-state index in [1.165, 1.54) is 4.90 Å². The maximum Gasteiger partial charge on any atom is 0.407 e. The van der Waals surface area contributed by atoms with Gasteiger partial charge < -0.3 is 10.0 Å². The second-order valence-electron chi connectivity index (χ2n) is 5.71. The van der Waals surface area contributed by atoms with E-state index in [0.29, 0.717) is 13.1 Å². The first kappa shape index (κ1) is 14.6. The third kappa shape index (κ3) is 2.69. The lowest BCUT2D eigenvalue weighted by Gasteiger charge is -2.38. The Bertz CT molecular complexity index is 668. The van der Waals surface area contributed by atoms with Crippen molar-refractivity contribution in [3.8, 4) is 5.69 Å². The molecule has 6 nitrogen and oxygen atoms in total. The lowest BCUT2D eigenvalue weighted by atomic mass is 10.1. The molecule has 1 aromatic heterocycles. The number of para-hydroxylation sites is 1. The molecule has 1 aliphatic heterocycles. The minimum absolute atomic E-state index is 0.211. The molecule has 6 heteroatoms. The van der Waals surface area contributed by atoms with Crippen LogP contribution in [0.25, 0.3) is 5.69 Å². The van der Waals surface area contributed by atoms with Crippen molar-refractivity contribution in [1.29, 1.82) is 0 Å². The quantitative estimate of drug-likeness (QED) is 0.923. The fourth-order valence-corrected chi connectivity index (χ4v) is 2.93. The van der Waals surface area contributed by atoms with E-state index in [4.69, 9.17) is 0 Å². The Balaban J connectivity index is 2.04. The molecular weight excluding hydrogens is 280 g/mol. The molecule has 1 atom stereocenters. The number of aromatic nitrogens is 2. The van der Waals surface area contributed by atoms with Gasteiger partial charge in [0.1, 0.15) is 0 Å². The number of likely N-dealkylation sites (N-methyl/N-ethyl adjacent to an activating group) is 1. The third-order valence-corrected chi connectivity index (χ3v) is 4.03. The number of aryl methyl sites for hydroxylation is 1. The van der Waals surface area contributed by atoms with Crippen LogP contribution in [-0.2, 0) is 0 Å². The van der Waals surface area contributed by atoms with Gasteiger partial charge in [0.25, 0.3) is 0 Å².